The van der Waals surface area contributed by atoms with E-state index in [-0.39, 0.29) is 6.54 Å². The van der Waals surface area contributed by atoms with Crippen LogP contribution in [0, 0.1) is 6.92 Å². The Morgan fingerprint density at radius 1 is 1.14 bits per heavy atom. The monoisotopic (exact) mass is 433 g/mol. The van der Waals surface area contributed by atoms with Crippen molar-refractivity contribution in [2.24, 2.45) is 0 Å². The topological polar surface area (TPSA) is 78.5 Å². The molecule has 1 aliphatic rings. The van der Waals surface area contributed by atoms with Gasteiger partial charge in [-0.15, -0.1) is 0 Å². The van der Waals surface area contributed by atoms with E-state index in [0.29, 0.717) is 28.6 Å². The van der Waals surface area contributed by atoms with Gasteiger partial charge in [0, 0.05) is 16.6 Å². The summed E-state index contributed by atoms with van der Waals surface area (Å²) >= 11 is 12.0. The maximum absolute atomic E-state index is 12.9. The van der Waals surface area contributed by atoms with Crippen LogP contribution in [-0.4, -0.2) is 35.8 Å². The maximum Gasteiger partial charge on any atom is 0.325 e. The van der Waals surface area contributed by atoms with Crippen LogP contribution in [0.25, 0.3) is 0 Å². The number of rotatable bonds is 6. The molecule has 0 bridgehead atoms. The van der Waals surface area contributed by atoms with Crippen LogP contribution < -0.4 is 10.6 Å². The summed E-state index contributed by atoms with van der Waals surface area (Å²) in [5.41, 5.74) is 1.37. The summed E-state index contributed by atoms with van der Waals surface area (Å²) in [6.07, 6.45) is 0.503. The Bertz CT molecular complexity index is 962. The lowest BCUT2D eigenvalue weighted by Gasteiger charge is -2.22. The Kier molecular flexibility index (Phi) is 6.15. The third-order valence-electron chi connectivity index (χ3n) is 4.94. The molecule has 3 rings (SSSR count). The molecule has 0 aromatic heterocycles. The molecular weight excluding hydrogens is 413 g/mol. The standard InChI is InChI=1S/C21H21Cl2N3O3/c1-13-3-6-15(7-4-13)21(2)19(28)26(20(29)25-21)12-18(27)24-10-9-14-5-8-16(22)11-17(14)23/h3-8,11H,9-10,12H2,1-2H3,(H,24,27)(H,25,29). The smallest absolute Gasteiger partial charge is 0.325 e. The molecule has 1 aliphatic heterocycles. The average molecular weight is 434 g/mol. The number of halogens is 2. The lowest BCUT2D eigenvalue weighted by molar-refractivity contribution is -0.134. The van der Waals surface area contributed by atoms with E-state index in [9.17, 15) is 14.4 Å². The predicted octanol–water partition coefficient (Wildman–Crippen LogP) is 3.43. The van der Waals surface area contributed by atoms with E-state index in [1.54, 1.807) is 37.3 Å². The van der Waals surface area contributed by atoms with Crippen LogP contribution in [0.5, 0.6) is 0 Å². The summed E-state index contributed by atoms with van der Waals surface area (Å²) in [7, 11) is 0. The largest absolute Gasteiger partial charge is 0.354 e. The molecule has 0 radical (unpaired) electrons. The number of nitrogens with one attached hydrogen (secondary N) is 2. The Morgan fingerprint density at radius 3 is 2.48 bits per heavy atom. The van der Waals surface area contributed by atoms with Gasteiger partial charge in [-0.3, -0.25) is 14.5 Å². The fraction of sp³-hybridized carbons (Fsp3) is 0.286. The highest BCUT2D eigenvalue weighted by Crippen LogP contribution is 2.28. The van der Waals surface area contributed by atoms with Gasteiger partial charge in [-0.25, -0.2) is 4.79 Å². The second-order valence-corrected chi connectivity index (χ2v) is 7.99. The van der Waals surface area contributed by atoms with E-state index in [1.807, 2.05) is 19.1 Å². The second kappa shape index (κ2) is 8.43. The van der Waals surface area contributed by atoms with Gasteiger partial charge in [-0.1, -0.05) is 59.1 Å². The summed E-state index contributed by atoms with van der Waals surface area (Å²) in [5, 5.41) is 6.47. The zero-order chi connectivity index (χ0) is 21.2. The van der Waals surface area contributed by atoms with Crippen molar-refractivity contribution in [3.05, 3.63) is 69.2 Å². The zero-order valence-electron chi connectivity index (χ0n) is 16.1. The van der Waals surface area contributed by atoms with Crippen molar-refractivity contribution in [1.29, 1.82) is 0 Å². The van der Waals surface area contributed by atoms with Crippen LogP contribution >= 0.6 is 23.2 Å². The van der Waals surface area contributed by atoms with Crippen LogP contribution in [0.2, 0.25) is 10.0 Å². The van der Waals surface area contributed by atoms with Crippen molar-refractivity contribution >= 4 is 41.0 Å². The van der Waals surface area contributed by atoms with Crippen molar-refractivity contribution in [3.63, 3.8) is 0 Å². The summed E-state index contributed by atoms with van der Waals surface area (Å²) < 4.78 is 0. The highest BCUT2D eigenvalue weighted by molar-refractivity contribution is 6.35. The van der Waals surface area contributed by atoms with Crippen LogP contribution in [0.1, 0.15) is 23.6 Å². The molecule has 0 aliphatic carbocycles. The first-order chi connectivity index (χ1) is 13.7. The van der Waals surface area contributed by atoms with Gasteiger partial charge < -0.3 is 10.6 Å². The van der Waals surface area contributed by atoms with Crippen molar-refractivity contribution in [2.45, 2.75) is 25.8 Å². The molecular formula is C21H21Cl2N3O3. The minimum Gasteiger partial charge on any atom is -0.354 e. The van der Waals surface area contributed by atoms with Gasteiger partial charge in [0.05, 0.1) is 0 Å². The number of nitrogens with zero attached hydrogens (tertiary/aromatic N) is 1. The number of urea groups is 1. The van der Waals surface area contributed by atoms with Crippen molar-refractivity contribution in [1.82, 2.24) is 15.5 Å². The molecule has 1 fully saturated rings. The summed E-state index contributed by atoms with van der Waals surface area (Å²) in [4.78, 5) is 38.4. The summed E-state index contributed by atoms with van der Waals surface area (Å²) in [6.45, 7) is 3.55. The number of benzene rings is 2. The highest BCUT2D eigenvalue weighted by Gasteiger charge is 2.49. The first kappa shape index (κ1) is 21.1. The number of aryl methyl sites for hydroxylation is 1. The fourth-order valence-electron chi connectivity index (χ4n) is 3.18. The number of carbonyl (C=O) groups is 3. The Balaban J connectivity index is 1.59. The Morgan fingerprint density at radius 2 is 1.83 bits per heavy atom. The number of carbonyl (C=O) groups excluding carboxylic acids is 3. The van der Waals surface area contributed by atoms with E-state index in [1.165, 1.54) is 0 Å². The molecule has 4 amide bonds. The average Bonchev–Trinajstić information content (AvgIpc) is 2.88. The van der Waals surface area contributed by atoms with Gasteiger partial charge in [0.25, 0.3) is 5.91 Å². The van der Waals surface area contributed by atoms with E-state index >= 15 is 0 Å². The molecule has 1 heterocycles. The number of imide groups is 1. The van der Waals surface area contributed by atoms with E-state index in [2.05, 4.69) is 10.6 Å². The maximum atomic E-state index is 12.9. The SMILES string of the molecule is Cc1ccc(C2(C)NC(=O)N(CC(=O)NCCc3ccc(Cl)cc3Cl)C2=O)cc1. The molecule has 29 heavy (non-hydrogen) atoms. The molecule has 0 saturated carbocycles. The van der Waals surface area contributed by atoms with Crippen LogP contribution in [0.15, 0.2) is 42.5 Å². The predicted molar refractivity (Wildman–Crippen MR) is 112 cm³/mol. The van der Waals surface area contributed by atoms with Crippen molar-refractivity contribution < 1.29 is 14.4 Å². The van der Waals surface area contributed by atoms with E-state index in [0.717, 1.165) is 16.0 Å². The van der Waals surface area contributed by atoms with E-state index in [4.69, 9.17) is 23.2 Å². The lowest BCUT2D eigenvalue weighted by atomic mass is 9.91. The van der Waals surface area contributed by atoms with Gasteiger partial charge in [0.2, 0.25) is 5.91 Å². The molecule has 2 aromatic carbocycles. The first-order valence-electron chi connectivity index (χ1n) is 9.12. The van der Waals surface area contributed by atoms with Gasteiger partial charge in [-0.2, -0.15) is 0 Å². The molecule has 6 nitrogen and oxygen atoms in total. The molecule has 1 atom stereocenters. The Labute approximate surface area is 179 Å². The van der Waals surface area contributed by atoms with Gasteiger partial charge in [0.15, 0.2) is 0 Å². The number of amides is 4. The number of hydrogen-bond acceptors (Lipinski definition) is 3. The van der Waals surface area contributed by atoms with Crippen LogP contribution in [-0.2, 0) is 21.5 Å². The fourth-order valence-corrected chi connectivity index (χ4v) is 3.69. The second-order valence-electron chi connectivity index (χ2n) is 7.15. The Hall–Kier alpha value is -2.57. The van der Waals surface area contributed by atoms with Crippen LogP contribution in [0.4, 0.5) is 4.79 Å². The minimum atomic E-state index is -1.19. The molecule has 0 spiro atoms. The zero-order valence-corrected chi connectivity index (χ0v) is 17.6. The third-order valence-corrected chi connectivity index (χ3v) is 5.52. The van der Waals surface area contributed by atoms with Gasteiger partial charge in [-0.05, 0) is 43.5 Å². The normalized spacial score (nSPS) is 18.7. The quantitative estimate of drug-likeness (QED) is 0.684. The minimum absolute atomic E-state index is 0.319. The number of hydrogen-bond donors (Lipinski definition) is 2. The van der Waals surface area contributed by atoms with Crippen molar-refractivity contribution in [3.8, 4) is 0 Å². The summed E-state index contributed by atoms with van der Waals surface area (Å²) in [6, 6.07) is 11.9. The van der Waals surface area contributed by atoms with Crippen LogP contribution in [0.3, 0.4) is 0 Å². The third kappa shape index (κ3) is 4.54. The molecule has 1 unspecified atom stereocenters. The van der Waals surface area contributed by atoms with Gasteiger partial charge >= 0.3 is 6.03 Å². The molecule has 8 heteroatoms. The molecule has 2 N–H and O–H groups in total. The van der Waals surface area contributed by atoms with E-state index < -0.39 is 23.4 Å². The van der Waals surface area contributed by atoms with Crippen molar-refractivity contribution in [2.75, 3.05) is 13.1 Å². The molecule has 1 saturated heterocycles. The lowest BCUT2D eigenvalue weighted by Crippen LogP contribution is -2.43. The molecule has 152 valence electrons. The molecule has 2 aromatic rings. The van der Waals surface area contributed by atoms with Gasteiger partial charge in [0.1, 0.15) is 12.1 Å². The first-order valence-corrected chi connectivity index (χ1v) is 9.88. The summed E-state index contributed by atoms with van der Waals surface area (Å²) in [5.74, 6) is -0.881. The highest BCUT2D eigenvalue weighted by atomic mass is 35.5.